The fourth-order valence-corrected chi connectivity index (χ4v) is 5.55. The van der Waals surface area contributed by atoms with E-state index in [-0.39, 0.29) is 5.92 Å². The molecule has 0 N–H and O–H groups in total. The van der Waals surface area contributed by atoms with E-state index in [2.05, 4.69) is 54.3 Å². The van der Waals surface area contributed by atoms with Gasteiger partial charge in [-0.1, -0.05) is 61.2 Å². The summed E-state index contributed by atoms with van der Waals surface area (Å²) < 4.78 is 0. The molecule has 1 saturated carbocycles. The lowest BCUT2D eigenvalue weighted by Crippen LogP contribution is -2.41. The van der Waals surface area contributed by atoms with Gasteiger partial charge in [-0.2, -0.15) is 0 Å². The van der Waals surface area contributed by atoms with Crippen LogP contribution >= 0.6 is 0 Å². The standard InChI is InChI=1S/C25H29NO/c1-17-7-9-18(10-8-17)20-11-12-22-21-13-14-26(24(16-21)23(22)15-20)25(27)19-5-3-2-4-6-19/h7-12,15,19,21,24H,2-6,13-14,16H2,1H3/t21-,24-/m1/s1. The molecule has 140 valence electrons. The zero-order chi connectivity index (χ0) is 18.4. The van der Waals surface area contributed by atoms with Gasteiger partial charge in [0.05, 0.1) is 6.04 Å². The van der Waals surface area contributed by atoms with Gasteiger partial charge in [-0.15, -0.1) is 0 Å². The van der Waals surface area contributed by atoms with E-state index >= 15 is 0 Å². The fraction of sp³-hybridized carbons (Fsp3) is 0.480. The number of benzene rings is 2. The summed E-state index contributed by atoms with van der Waals surface area (Å²) in [6, 6.07) is 16.1. The largest absolute Gasteiger partial charge is 0.335 e. The first-order chi connectivity index (χ1) is 13.2. The van der Waals surface area contributed by atoms with Crippen LogP contribution in [0.5, 0.6) is 0 Å². The third-order valence-corrected chi connectivity index (χ3v) is 7.11. The van der Waals surface area contributed by atoms with Crippen LogP contribution in [-0.4, -0.2) is 17.4 Å². The Morgan fingerprint density at radius 3 is 2.41 bits per heavy atom. The summed E-state index contributed by atoms with van der Waals surface area (Å²) in [7, 11) is 0. The second-order valence-corrected chi connectivity index (χ2v) is 8.81. The van der Waals surface area contributed by atoms with E-state index in [1.165, 1.54) is 47.1 Å². The van der Waals surface area contributed by atoms with E-state index in [0.29, 0.717) is 17.9 Å². The Balaban J connectivity index is 1.46. The average molecular weight is 360 g/mol. The predicted octanol–water partition coefficient (Wildman–Crippen LogP) is 6.00. The van der Waals surface area contributed by atoms with Crippen LogP contribution in [0.25, 0.3) is 11.1 Å². The van der Waals surface area contributed by atoms with Crippen molar-refractivity contribution in [3.05, 3.63) is 59.2 Å². The number of fused-ring (bicyclic) bond motifs is 5. The van der Waals surface area contributed by atoms with Gasteiger partial charge in [0.25, 0.3) is 0 Å². The summed E-state index contributed by atoms with van der Waals surface area (Å²) in [5, 5.41) is 0. The Bertz CT molecular complexity index is 847. The van der Waals surface area contributed by atoms with Gasteiger partial charge >= 0.3 is 0 Å². The van der Waals surface area contributed by atoms with E-state index in [1.807, 2.05) is 0 Å². The first-order valence-corrected chi connectivity index (χ1v) is 10.7. The van der Waals surface area contributed by atoms with E-state index in [0.717, 1.165) is 32.2 Å². The highest BCUT2D eigenvalue weighted by atomic mass is 16.2. The van der Waals surface area contributed by atoms with Gasteiger partial charge in [0.15, 0.2) is 0 Å². The molecule has 2 fully saturated rings. The first-order valence-electron chi connectivity index (χ1n) is 10.7. The van der Waals surface area contributed by atoms with Crippen LogP contribution in [-0.2, 0) is 4.79 Å². The lowest BCUT2D eigenvalue weighted by Gasteiger charge is -2.37. The second kappa shape index (κ2) is 6.82. The zero-order valence-electron chi connectivity index (χ0n) is 16.3. The molecular formula is C25H29NO. The molecule has 2 aromatic rings. The Morgan fingerprint density at radius 2 is 1.63 bits per heavy atom. The minimum Gasteiger partial charge on any atom is -0.335 e. The highest BCUT2D eigenvalue weighted by Gasteiger charge is 2.42. The van der Waals surface area contributed by atoms with Crippen molar-refractivity contribution in [2.75, 3.05) is 6.54 Å². The number of nitrogens with zero attached hydrogens (tertiary/aromatic N) is 1. The Labute approximate surface area is 162 Å². The van der Waals surface area contributed by atoms with Crippen molar-refractivity contribution in [3.63, 3.8) is 0 Å². The molecule has 2 aliphatic carbocycles. The van der Waals surface area contributed by atoms with Crippen LogP contribution in [0.15, 0.2) is 42.5 Å². The molecule has 2 atom stereocenters. The third-order valence-electron chi connectivity index (χ3n) is 7.11. The summed E-state index contributed by atoms with van der Waals surface area (Å²) in [5.74, 6) is 1.36. The van der Waals surface area contributed by atoms with Crippen molar-refractivity contribution in [2.45, 2.75) is 63.8 Å². The lowest BCUT2D eigenvalue weighted by atomic mass is 9.87. The molecule has 1 amide bonds. The number of rotatable bonds is 2. The van der Waals surface area contributed by atoms with Gasteiger partial charge in [0, 0.05) is 12.5 Å². The first kappa shape index (κ1) is 17.0. The minimum atomic E-state index is 0.277. The molecule has 3 aliphatic rings. The quantitative estimate of drug-likeness (QED) is 0.643. The maximum absolute atomic E-state index is 13.3. The predicted molar refractivity (Wildman–Crippen MR) is 110 cm³/mol. The molecule has 0 unspecified atom stereocenters. The number of piperidine rings is 1. The molecule has 1 heterocycles. The van der Waals surface area contributed by atoms with Crippen LogP contribution < -0.4 is 0 Å². The van der Waals surface area contributed by atoms with Crippen molar-refractivity contribution >= 4 is 5.91 Å². The SMILES string of the molecule is Cc1ccc(-c2ccc3c(c2)[C@H]2C[C@H]3CCN2C(=O)C2CCCCC2)cc1. The van der Waals surface area contributed by atoms with Crippen LogP contribution in [0.1, 0.15) is 73.6 Å². The number of carbonyl (C=O) groups excluding carboxylic acids is 1. The molecule has 5 rings (SSSR count). The topological polar surface area (TPSA) is 20.3 Å². The van der Waals surface area contributed by atoms with Gasteiger partial charge in [0.2, 0.25) is 5.91 Å². The molecule has 2 aromatic carbocycles. The van der Waals surface area contributed by atoms with E-state index in [9.17, 15) is 4.79 Å². The third kappa shape index (κ3) is 2.99. The minimum absolute atomic E-state index is 0.277. The van der Waals surface area contributed by atoms with E-state index < -0.39 is 0 Å². The molecule has 0 aromatic heterocycles. The van der Waals surface area contributed by atoms with Crippen LogP contribution in [0.2, 0.25) is 0 Å². The van der Waals surface area contributed by atoms with Crippen molar-refractivity contribution in [3.8, 4) is 11.1 Å². The van der Waals surface area contributed by atoms with Gasteiger partial charge in [-0.05, 0) is 66.8 Å². The average Bonchev–Trinajstić information content (AvgIpc) is 3.00. The summed E-state index contributed by atoms with van der Waals surface area (Å²) in [6.45, 7) is 3.07. The number of hydrogen-bond acceptors (Lipinski definition) is 1. The highest BCUT2D eigenvalue weighted by Crippen LogP contribution is 2.50. The molecule has 0 radical (unpaired) electrons. The van der Waals surface area contributed by atoms with Crippen molar-refractivity contribution < 1.29 is 4.79 Å². The van der Waals surface area contributed by atoms with Gasteiger partial charge < -0.3 is 4.90 Å². The molecule has 27 heavy (non-hydrogen) atoms. The van der Waals surface area contributed by atoms with Crippen LogP contribution in [0.4, 0.5) is 0 Å². The second-order valence-electron chi connectivity index (χ2n) is 8.81. The molecule has 0 spiro atoms. The maximum atomic E-state index is 13.3. The molecular weight excluding hydrogens is 330 g/mol. The Hall–Kier alpha value is -2.09. The van der Waals surface area contributed by atoms with Crippen molar-refractivity contribution in [1.29, 1.82) is 0 Å². The Kier molecular flexibility index (Phi) is 4.30. The van der Waals surface area contributed by atoms with Gasteiger partial charge in [-0.25, -0.2) is 0 Å². The number of amides is 1. The maximum Gasteiger partial charge on any atom is 0.226 e. The molecule has 2 bridgehead atoms. The summed E-state index contributed by atoms with van der Waals surface area (Å²) in [4.78, 5) is 15.5. The fourth-order valence-electron chi connectivity index (χ4n) is 5.55. The van der Waals surface area contributed by atoms with E-state index in [4.69, 9.17) is 0 Å². The number of carbonyl (C=O) groups is 1. The molecule has 1 aliphatic heterocycles. The number of hydrogen-bond donors (Lipinski definition) is 0. The molecule has 2 heteroatoms. The summed E-state index contributed by atoms with van der Waals surface area (Å²) >= 11 is 0. The normalized spacial score (nSPS) is 24.7. The lowest BCUT2D eigenvalue weighted by molar-refractivity contribution is -0.140. The molecule has 2 nitrogen and oxygen atoms in total. The zero-order valence-corrected chi connectivity index (χ0v) is 16.3. The van der Waals surface area contributed by atoms with Crippen molar-refractivity contribution in [2.24, 2.45) is 5.92 Å². The monoisotopic (exact) mass is 359 g/mol. The number of likely N-dealkylation sites (tertiary alicyclic amines) is 1. The van der Waals surface area contributed by atoms with Gasteiger partial charge in [-0.3, -0.25) is 4.79 Å². The van der Waals surface area contributed by atoms with E-state index in [1.54, 1.807) is 0 Å². The Morgan fingerprint density at radius 1 is 0.889 bits per heavy atom. The highest BCUT2D eigenvalue weighted by molar-refractivity contribution is 5.80. The van der Waals surface area contributed by atoms with Crippen LogP contribution in [0.3, 0.4) is 0 Å². The van der Waals surface area contributed by atoms with Crippen LogP contribution in [0, 0.1) is 12.8 Å². The summed E-state index contributed by atoms with van der Waals surface area (Å²) in [6.07, 6.45) is 8.22. The number of aryl methyl sites for hydroxylation is 1. The van der Waals surface area contributed by atoms with Crippen molar-refractivity contribution in [1.82, 2.24) is 4.90 Å². The summed E-state index contributed by atoms with van der Waals surface area (Å²) in [5.41, 5.74) is 6.76. The smallest absolute Gasteiger partial charge is 0.226 e. The van der Waals surface area contributed by atoms with Gasteiger partial charge in [0.1, 0.15) is 0 Å². The molecule has 1 saturated heterocycles.